The van der Waals surface area contributed by atoms with Gasteiger partial charge in [-0.1, -0.05) is 12.1 Å². The van der Waals surface area contributed by atoms with Gasteiger partial charge in [0.15, 0.2) is 11.7 Å². The molecular weight excluding hydrogens is 530 g/mol. The average Bonchev–Trinajstić information content (AvgIpc) is 3.06. The minimum Gasteiger partial charge on any atom is -0.357 e. The zero-order chi connectivity index (χ0) is 20.1. The van der Waals surface area contributed by atoms with E-state index in [0.717, 1.165) is 22.3 Å². The lowest BCUT2D eigenvalue weighted by atomic mass is 10.2. The van der Waals surface area contributed by atoms with Crippen LogP contribution in [0.15, 0.2) is 39.5 Å². The van der Waals surface area contributed by atoms with Gasteiger partial charge in [0.25, 0.3) is 0 Å². The molecule has 0 bridgehead atoms. The van der Waals surface area contributed by atoms with Gasteiger partial charge in [-0.15, -0.1) is 35.3 Å². The summed E-state index contributed by atoms with van der Waals surface area (Å²) in [6.45, 7) is 2.74. The summed E-state index contributed by atoms with van der Waals surface area (Å²) in [5.74, 6) is 0.400. The number of rotatable bonds is 6. The molecule has 0 radical (unpaired) electrons. The summed E-state index contributed by atoms with van der Waals surface area (Å²) >= 11 is 0.910. The minimum atomic E-state index is -4.46. The van der Waals surface area contributed by atoms with Crippen molar-refractivity contribution < 1.29 is 21.6 Å². The van der Waals surface area contributed by atoms with Crippen LogP contribution in [0.25, 0.3) is 0 Å². The van der Waals surface area contributed by atoms with Gasteiger partial charge in [0.05, 0.1) is 18.0 Å². The first-order valence-electron chi connectivity index (χ1n) is 7.75. The van der Waals surface area contributed by atoms with Crippen LogP contribution in [0.3, 0.4) is 0 Å². The quantitative estimate of drug-likeness (QED) is 0.292. The van der Waals surface area contributed by atoms with Gasteiger partial charge in [-0.3, -0.25) is 0 Å². The molecule has 28 heavy (non-hydrogen) atoms. The Kier molecular flexibility index (Phi) is 9.10. The van der Waals surface area contributed by atoms with Gasteiger partial charge in [-0.2, -0.15) is 13.2 Å². The minimum absolute atomic E-state index is 0. The Labute approximate surface area is 181 Å². The SMILES string of the molecule is CCNC(=NCc1ccc(S(N)(=O)=O)cc1)NCc1nc(C(F)(F)F)cs1.I. The van der Waals surface area contributed by atoms with E-state index in [4.69, 9.17) is 5.14 Å². The lowest BCUT2D eigenvalue weighted by Gasteiger charge is -2.10. The Bertz CT molecular complexity index is 899. The number of aliphatic imine (C=N–C) groups is 1. The predicted molar refractivity (Wildman–Crippen MR) is 112 cm³/mol. The zero-order valence-electron chi connectivity index (χ0n) is 14.7. The van der Waals surface area contributed by atoms with Crippen LogP contribution in [0.4, 0.5) is 13.2 Å². The number of hydrogen-bond donors (Lipinski definition) is 3. The second-order valence-electron chi connectivity index (χ2n) is 5.36. The number of benzene rings is 1. The largest absolute Gasteiger partial charge is 0.434 e. The Hall–Kier alpha value is -1.45. The summed E-state index contributed by atoms with van der Waals surface area (Å²) in [4.78, 5) is 7.86. The summed E-state index contributed by atoms with van der Waals surface area (Å²) < 4.78 is 60.2. The number of aromatic nitrogens is 1. The second kappa shape index (κ2) is 10.4. The summed E-state index contributed by atoms with van der Waals surface area (Å²) in [6.07, 6.45) is -4.46. The van der Waals surface area contributed by atoms with Crippen molar-refractivity contribution in [3.8, 4) is 0 Å². The summed E-state index contributed by atoms with van der Waals surface area (Å²) in [7, 11) is -3.75. The maximum absolute atomic E-state index is 12.6. The van der Waals surface area contributed by atoms with Gasteiger partial charge < -0.3 is 10.6 Å². The third-order valence-corrected chi connectivity index (χ3v) is 5.04. The van der Waals surface area contributed by atoms with Gasteiger partial charge in [-0.05, 0) is 24.6 Å². The van der Waals surface area contributed by atoms with E-state index in [2.05, 4.69) is 20.6 Å². The zero-order valence-corrected chi connectivity index (χ0v) is 18.6. The Morgan fingerprint density at radius 3 is 2.39 bits per heavy atom. The van der Waals surface area contributed by atoms with E-state index in [9.17, 15) is 21.6 Å². The first-order valence-corrected chi connectivity index (χ1v) is 10.2. The van der Waals surface area contributed by atoms with Crippen molar-refractivity contribution in [2.24, 2.45) is 10.1 Å². The number of alkyl halides is 3. The molecule has 0 atom stereocenters. The number of sulfonamides is 1. The lowest BCUT2D eigenvalue weighted by Crippen LogP contribution is -2.36. The second-order valence-corrected chi connectivity index (χ2v) is 7.87. The number of guanidine groups is 1. The molecular formula is C15H19F3IN5O2S2. The van der Waals surface area contributed by atoms with Crippen LogP contribution in [0.2, 0.25) is 0 Å². The summed E-state index contributed by atoms with van der Waals surface area (Å²) in [5, 5.41) is 12.2. The number of thiazole rings is 1. The Morgan fingerprint density at radius 2 is 1.89 bits per heavy atom. The highest BCUT2D eigenvalue weighted by Crippen LogP contribution is 2.29. The summed E-state index contributed by atoms with van der Waals surface area (Å²) in [6, 6.07) is 5.94. The normalized spacial score (nSPS) is 12.4. The molecule has 0 amide bonds. The molecule has 156 valence electrons. The van der Waals surface area contributed by atoms with Crippen LogP contribution < -0.4 is 15.8 Å². The molecule has 0 spiro atoms. The highest BCUT2D eigenvalue weighted by Gasteiger charge is 2.33. The van der Waals surface area contributed by atoms with Crippen molar-refractivity contribution in [3.63, 3.8) is 0 Å². The van der Waals surface area contributed by atoms with E-state index < -0.39 is 21.9 Å². The van der Waals surface area contributed by atoms with Crippen LogP contribution >= 0.6 is 35.3 Å². The molecule has 1 aromatic heterocycles. The highest BCUT2D eigenvalue weighted by atomic mass is 127. The molecule has 1 aromatic carbocycles. The van der Waals surface area contributed by atoms with Crippen LogP contribution in [-0.2, 0) is 29.3 Å². The van der Waals surface area contributed by atoms with Crippen LogP contribution in [0.5, 0.6) is 0 Å². The Balaban J connectivity index is 0.00000392. The fraction of sp³-hybridized carbons (Fsp3) is 0.333. The van der Waals surface area contributed by atoms with Crippen molar-refractivity contribution in [3.05, 3.63) is 45.9 Å². The molecule has 13 heteroatoms. The molecule has 4 N–H and O–H groups in total. The molecule has 0 unspecified atom stereocenters. The maximum atomic E-state index is 12.6. The fourth-order valence-corrected chi connectivity index (χ4v) is 3.23. The van der Waals surface area contributed by atoms with E-state index in [1.54, 1.807) is 12.1 Å². The molecule has 0 saturated carbocycles. The molecule has 0 fully saturated rings. The van der Waals surface area contributed by atoms with Crippen molar-refractivity contribution in [2.45, 2.75) is 31.1 Å². The monoisotopic (exact) mass is 549 g/mol. The van der Waals surface area contributed by atoms with E-state index in [1.165, 1.54) is 12.1 Å². The van der Waals surface area contributed by atoms with Crippen LogP contribution in [0, 0.1) is 0 Å². The number of primary sulfonamides is 1. The van der Waals surface area contributed by atoms with Gasteiger partial charge in [0, 0.05) is 11.9 Å². The molecule has 2 aromatic rings. The van der Waals surface area contributed by atoms with Crippen LogP contribution in [-0.4, -0.2) is 25.9 Å². The first kappa shape index (κ1) is 24.6. The van der Waals surface area contributed by atoms with Crippen LogP contribution in [0.1, 0.15) is 23.2 Å². The van der Waals surface area contributed by atoms with Gasteiger partial charge >= 0.3 is 6.18 Å². The topological polar surface area (TPSA) is 109 Å². The number of nitrogens with one attached hydrogen (secondary N) is 2. The molecule has 0 aliphatic carbocycles. The third-order valence-electron chi connectivity index (χ3n) is 3.27. The van der Waals surface area contributed by atoms with E-state index in [1.807, 2.05) is 6.92 Å². The van der Waals surface area contributed by atoms with Gasteiger partial charge in [0.2, 0.25) is 10.0 Å². The van der Waals surface area contributed by atoms with Crippen molar-refractivity contribution in [1.29, 1.82) is 0 Å². The Morgan fingerprint density at radius 1 is 1.25 bits per heavy atom. The number of halogens is 4. The smallest absolute Gasteiger partial charge is 0.357 e. The van der Waals surface area contributed by atoms with Gasteiger partial charge in [-0.25, -0.2) is 23.5 Å². The van der Waals surface area contributed by atoms with Crippen molar-refractivity contribution in [2.75, 3.05) is 6.54 Å². The van der Waals surface area contributed by atoms with Crippen molar-refractivity contribution >= 4 is 51.3 Å². The molecule has 7 nitrogen and oxygen atoms in total. The number of nitrogens with two attached hydrogens (primary N) is 1. The average molecular weight is 549 g/mol. The van der Waals surface area contributed by atoms with Crippen molar-refractivity contribution in [1.82, 2.24) is 15.6 Å². The molecule has 1 heterocycles. The lowest BCUT2D eigenvalue weighted by molar-refractivity contribution is -0.140. The predicted octanol–water partition coefficient (Wildman–Crippen LogP) is 2.68. The fourth-order valence-electron chi connectivity index (χ4n) is 1.98. The van der Waals surface area contributed by atoms with E-state index in [-0.39, 0.29) is 47.0 Å². The highest BCUT2D eigenvalue weighted by molar-refractivity contribution is 14.0. The number of nitrogens with zero attached hydrogens (tertiary/aromatic N) is 2. The van der Waals surface area contributed by atoms with E-state index in [0.29, 0.717) is 12.5 Å². The molecule has 2 rings (SSSR count). The molecule has 0 saturated heterocycles. The third kappa shape index (κ3) is 7.52. The molecule has 0 aliphatic heterocycles. The number of hydrogen-bond acceptors (Lipinski definition) is 5. The van der Waals surface area contributed by atoms with Gasteiger partial charge in [0.1, 0.15) is 5.01 Å². The standard InChI is InChI=1S/C15H18F3N5O2S2.HI/c1-2-20-14(22-8-13-23-12(9-26-13)15(16,17)18)21-7-10-3-5-11(6-4-10)27(19,24)25;/h3-6,9H,2,7-8H2,1H3,(H2,19,24,25)(H2,20,21,22);1H. The van der Waals surface area contributed by atoms with E-state index >= 15 is 0 Å². The molecule has 0 aliphatic rings. The first-order chi connectivity index (χ1) is 12.6. The summed E-state index contributed by atoms with van der Waals surface area (Å²) in [5.41, 5.74) is -0.172. The maximum Gasteiger partial charge on any atom is 0.434 e.